The highest BCUT2D eigenvalue weighted by Gasteiger charge is 2.49. The van der Waals surface area contributed by atoms with Gasteiger partial charge in [0.15, 0.2) is 0 Å². The van der Waals surface area contributed by atoms with Crippen LogP contribution in [0.25, 0.3) is 0 Å². The molecule has 1 aliphatic rings. The maximum Gasteiger partial charge on any atom is -0.0249 e. The summed E-state index contributed by atoms with van der Waals surface area (Å²) in [6.07, 6.45) is 3.98. The normalized spacial score (nSPS) is 31.5. The molecule has 0 aromatic heterocycles. The molecule has 0 aromatic carbocycles. The summed E-state index contributed by atoms with van der Waals surface area (Å²) in [5.74, 6) is 0. The summed E-state index contributed by atoms with van der Waals surface area (Å²) in [4.78, 5) is 0. The SMILES string of the molecule is [CH2]C1(C)CCCC(C)(C)C1(C)C. The van der Waals surface area contributed by atoms with E-state index >= 15 is 0 Å². The average molecular weight is 167 g/mol. The van der Waals surface area contributed by atoms with Gasteiger partial charge in [-0.05, 0) is 36.0 Å². The van der Waals surface area contributed by atoms with Gasteiger partial charge in [-0.15, -0.1) is 0 Å². The molecule has 1 fully saturated rings. The van der Waals surface area contributed by atoms with E-state index in [1.54, 1.807) is 0 Å². The van der Waals surface area contributed by atoms with Crippen molar-refractivity contribution in [2.75, 3.05) is 0 Å². The molecule has 1 unspecified atom stereocenters. The smallest absolute Gasteiger partial charge is 0.0249 e. The standard InChI is InChI=1S/C12H23/c1-10(2)8-7-9-11(3,4)12(10,5)6/h1,7-9H2,2-6H3. The van der Waals surface area contributed by atoms with E-state index in [2.05, 4.69) is 41.5 Å². The van der Waals surface area contributed by atoms with Gasteiger partial charge in [0.2, 0.25) is 0 Å². The van der Waals surface area contributed by atoms with Crippen molar-refractivity contribution in [1.82, 2.24) is 0 Å². The minimum absolute atomic E-state index is 0.259. The Kier molecular flexibility index (Phi) is 2.10. The maximum atomic E-state index is 4.38. The second-order valence-electron chi connectivity index (χ2n) is 5.92. The van der Waals surface area contributed by atoms with Crippen molar-refractivity contribution in [3.63, 3.8) is 0 Å². The number of rotatable bonds is 0. The third kappa shape index (κ3) is 1.20. The van der Waals surface area contributed by atoms with Gasteiger partial charge in [0, 0.05) is 0 Å². The summed E-state index contributed by atoms with van der Waals surface area (Å²) in [6, 6.07) is 0. The summed E-state index contributed by atoms with van der Waals surface area (Å²) in [6.45, 7) is 16.2. The van der Waals surface area contributed by atoms with Crippen LogP contribution in [0.1, 0.15) is 53.9 Å². The fourth-order valence-electron chi connectivity index (χ4n) is 2.36. The van der Waals surface area contributed by atoms with Gasteiger partial charge in [0.05, 0.1) is 0 Å². The fraction of sp³-hybridized carbons (Fsp3) is 0.917. The van der Waals surface area contributed by atoms with Crippen LogP contribution < -0.4 is 0 Å². The summed E-state index contributed by atoms with van der Waals surface area (Å²) >= 11 is 0. The molecule has 0 nitrogen and oxygen atoms in total. The van der Waals surface area contributed by atoms with Gasteiger partial charge in [0.1, 0.15) is 0 Å². The molecule has 1 radical (unpaired) electrons. The molecule has 71 valence electrons. The van der Waals surface area contributed by atoms with Crippen LogP contribution in [0.5, 0.6) is 0 Å². The predicted octanol–water partition coefficient (Wildman–Crippen LogP) is 4.06. The van der Waals surface area contributed by atoms with E-state index in [4.69, 9.17) is 0 Å². The summed E-state index contributed by atoms with van der Waals surface area (Å²) in [5, 5.41) is 0. The molecule has 1 rings (SSSR count). The molecule has 0 saturated heterocycles. The lowest BCUT2D eigenvalue weighted by Gasteiger charge is -2.56. The Hall–Kier alpha value is 0. The molecule has 0 aliphatic heterocycles. The second-order valence-corrected chi connectivity index (χ2v) is 5.92. The Morgan fingerprint density at radius 3 is 1.75 bits per heavy atom. The molecular weight excluding hydrogens is 144 g/mol. The van der Waals surface area contributed by atoms with Gasteiger partial charge >= 0.3 is 0 Å². The molecule has 1 atom stereocenters. The first kappa shape index (κ1) is 10.1. The number of hydrogen-bond acceptors (Lipinski definition) is 0. The monoisotopic (exact) mass is 167 g/mol. The summed E-state index contributed by atoms with van der Waals surface area (Å²) in [7, 11) is 0. The van der Waals surface area contributed by atoms with E-state index in [0.717, 1.165) is 0 Å². The zero-order valence-electron chi connectivity index (χ0n) is 9.33. The predicted molar refractivity (Wildman–Crippen MR) is 54.9 cm³/mol. The Morgan fingerprint density at radius 1 is 0.917 bits per heavy atom. The largest absolute Gasteiger partial charge is 0.0594 e. The molecule has 0 bridgehead atoms. The average Bonchev–Trinajstić information content (AvgIpc) is 1.83. The van der Waals surface area contributed by atoms with E-state index in [0.29, 0.717) is 10.8 Å². The molecule has 0 heteroatoms. The lowest BCUT2D eigenvalue weighted by molar-refractivity contribution is -0.0483. The van der Waals surface area contributed by atoms with Crippen molar-refractivity contribution >= 4 is 0 Å². The lowest BCUT2D eigenvalue weighted by atomic mass is 9.49. The highest BCUT2D eigenvalue weighted by Crippen LogP contribution is 2.58. The van der Waals surface area contributed by atoms with Gasteiger partial charge in [-0.2, -0.15) is 0 Å². The van der Waals surface area contributed by atoms with Crippen LogP contribution in [-0.4, -0.2) is 0 Å². The van der Waals surface area contributed by atoms with Crippen LogP contribution in [0.2, 0.25) is 0 Å². The molecule has 12 heavy (non-hydrogen) atoms. The fourth-order valence-corrected chi connectivity index (χ4v) is 2.36. The van der Waals surface area contributed by atoms with Gasteiger partial charge in [-0.25, -0.2) is 0 Å². The number of hydrogen-bond donors (Lipinski definition) is 0. The first-order valence-corrected chi connectivity index (χ1v) is 5.06. The van der Waals surface area contributed by atoms with Gasteiger partial charge < -0.3 is 0 Å². The van der Waals surface area contributed by atoms with Crippen molar-refractivity contribution in [1.29, 1.82) is 0 Å². The van der Waals surface area contributed by atoms with Gasteiger partial charge in [0.25, 0.3) is 0 Å². The highest BCUT2D eigenvalue weighted by molar-refractivity contribution is 5.02. The molecule has 0 amide bonds. The van der Waals surface area contributed by atoms with Crippen LogP contribution in [0.15, 0.2) is 0 Å². The van der Waals surface area contributed by atoms with E-state index in [1.807, 2.05) is 0 Å². The first-order valence-electron chi connectivity index (χ1n) is 5.06. The Balaban J connectivity index is 2.99. The summed E-state index contributed by atoms with van der Waals surface area (Å²) < 4.78 is 0. The molecule has 1 saturated carbocycles. The van der Waals surface area contributed by atoms with E-state index < -0.39 is 0 Å². The minimum atomic E-state index is 0.259. The lowest BCUT2D eigenvalue weighted by Crippen LogP contribution is -2.47. The maximum absolute atomic E-state index is 4.38. The van der Waals surface area contributed by atoms with Crippen LogP contribution in [0.3, 0.4) is 0 Å². The molecule has 0 N–H and O–H groups in total. The van der Waals surface area contributed by atoms with Crippen molar-refractivity contribution in [3.05, 3.63) is 6.92 Å². The van der Waals surface area contributed by atoms with Crippen LogP contribution in [0.4, 0.5) is 0 Å². The van der Waals surface area contributed by atoms with E-state index in [-0.39, 0.29) is 5.41 Å². The quantitative estimate of drug-likeness (QED) is 0.510. The van der Waals surface area contributed by atoms with E-state index in [9.17, 15) is 0 Å². The van der Waals surface area contributed by atoms with Crippen molar-refractivity contribution in [2.24, 2.45) is 16.2 Å². The van der Waals surface area contributed by atoms with Crippen molar-refractivity contribution < 1.29 is 0 Å². The third-order valence-corrected chi connectivity index (χ3v) is 4.73. The van der Waals surface area contributed by atoms with Gasteiger partial charge in [-0.3, -0.25) is 0 Å². The second kappa shape index (κ2) is 2.49. The van der Waals surface area contributed by atoms with Crippen LogP contribution >= 0.6 is 0 Å². The van der Waals surface area contributed by atoms with Crippen molar-refractivity contribution in [3.8, 4) is 0 Å². The zero-order valence-corrected chi connectivity index (χ0v) is 9.33. The van der Waals surface area contributed by atoms with Crippen LogP contribution in [-0.2, 0) is 0 Å². The van der Waals surface area contributed by atoms with Crippen molar-refractivity contribution in [2.45, 2.75) is 53.9 Å². The minimum Gasteiger partial charge on any atom is -0.0594 e. The van der Waals surface area contributed by atoms with E-state index in [1.165, 1.54) is 19.3 Å². The molecule has 0 aromatic rings. The molecular formula is C12H23. The molecule has 1 aliphatic carbocycles. The molecule has 0 spiro atoms. The van der Waals surface area contributed by atoms with Gasteiger partial charge in [-0.1, -0.05) is 41.0 Å². The summed E-state index contributed by atoms with van der Waals surface area (Å²) in [5.41, 5.74) is 1.06. The zero-order chi connectivity index (χ0) is 9.62. The van der Waals surface area contributed by atoms with Crippen LogP contribution in [0, 0.1) is 23.2 Å². The Labute approximate surface area is 77.7 Å². The highest BCUT2D eigenvalue weighted by atomic mass is 14.5. The molecule has 0 heterocycles. The first-order chi connectivity index (χ1) is 5.21. The Morgan fingerprint density at radius 2 is 1.42 bits per heavy atom. The third-order valence-electron chi connectivity index (χ3n) is 4.73. The Bertz CT molecular complexity index is 154. The topological polar surface area (TPSA) is 0 Å².